The lowest BCUT2D eigenvalue weighted by molar-refractivity contribution is -0.150. The number of amides is 2. The topological polar surface area (TPSA) is 123 Å². The lowest BCUT2D eigenvalue weighted by Gasteiger charge is -2.44. The molecule has 1 aliphatic carbocycles. The number of ether oxygens (including phenoxy) is 3. The Morgan fingerprint density at radius 2 is 1.35 bits per heavy atom. The highest BCUT2D eigenvalue weighted by Crippen LogP contribution is 2.47. The van der Waals surface area contributed by atoms with Crippen LogP contribution >= 0.6 is 0 Å². The van der Waals surface area contributed by atoms with Gasteiger partial charge >= 0.3 is 0 Å². The van der Waals surface area contributed by atoms with Gasteiger partial charge in [0.15, 0.2) is 0 Å². The van der Waals surface area contributed by atoms with E-state index >= 15 is 0 Å². The van der Waals surface area contributed by atoms with E-state index in [4.69, 9.17) is 14.2 Å². The van der Waals surface area contributed by atoms with Crippen LogP contribution in [0.2, 0.25) is 0 Å². The predicted octanol–water partition coefficient (Wildman–Crippen LogP) is 5.91. The fourth-order valence-corrected chi connectivity index (χ4v) is 6.05. The Morgan fingerprint density at radius 1 is 0.804 bits per heavy atom. The van der Waals surface area contributed by atoms with Crippen LogP contribution in [-0.2, 0) is 21.0 Å². The monoisotopic (exact) mass is 622 g/mol. The molecule has 0 bridgehead atoms. The molecule has 238 valence electrons. The van der Waals surface area contributed by atoms with Crippen LogP contribution in [0.1, 0.15) is 36.0 Å². The van der Waals surface area contributed by atoms with E-state index in [1.54, 1.807) is 72.8 Å². The molecule has 3 N–H and O–H groups in total. The molecule has 4 unspecified atom stereocenters. The van der Waals surface area contributed by atoms with E-state index in [0.29, 0.717) is 40.8 Å². The summed E-state index contributed by atoms with van der Waals surface area (Å²) in [7, 11) is 2.97. The SMILES string of the molecule is COc1ccccc1NC(=O)C1C(=O)CC(C)(O)C(C(=O)Nc2ccccc2OC)C1c1ccc(OCc2ccc(C)cc2)cc1. The smallest absolute Gasteiger partial charge is 0.235 e. The Morgan fingerprint density at radius 3 is 1.91 bits per heavy atom. The number of aryl methyl sites for hydroxylation is 1. The van der Waals surface area contributed by atoms with Crippen molar-refractivity contribution < 1.29 is 33.7 Å². The summed E-state index contributed by atoms with van der Waals surface area (Å²) in [5, 5.41) is 17.4. The molecule has 9 heteroatoms. The third kappa shape index (κ3) is 7.05. The molecule has 4 aromatic rings. The van der Waals surface area contributed by atoms with E-state index < -0.39 is 47.4 Å². The van der Waals surface area contributed by atoms with Crippen LogP contribution in [0.4, 0.5) is 11.4 Å². The highest BCUT2D eigenvalue weighted by Gasteiger charge is 2.56. The standard InChI is InChI=1S/C37H38N2O7/c1-23-13-15-24(16-14-23)22-46-26-19-17-25(18-20-26)32-33(35(41)38-27-9-5-7-11-30(27)44-3)29(40)21-37(2,43)34(32)36(42)39-28-10-6-8-12-31(28)45-4/h5-20,32-34,43H,21-22H2,1-4H3,(H,38,41)(H,39,42). The van der Waals surface area contributed by atoms with Gasteiger partial charge < -0.3 is 30.0 Å². The molecule has 46 heavy (non-hydrogen) atoms. The van der Waals surface area contributed by atoms with Crippen molar-refractivity contribution in [3.05, 3.63) is 114 Å². The molecule has 1 fully saturated rings. The lowest BCUT2D eigenvalue weighted by Crippen LogP contribution is -2.56. The van der Waals surface area contributed by atoms with Crippen molar-refractivity contribution in [3.63, 3.8) is 0 Å². The number of hydrogen-bond acceptors (Lipinski definition) is 7. The van der Waals surface area contributed by atoms with Crippen LogP contribution < -0.4 is 24.8 Å². The molecule has 1 saturated carbocycles. The second-order valence-electron chi connectivity index (χ2n) is 11.7. The van der Waals surface area contributed by atoms with Crippen LogP contribution in [0.15, 0.2) is 97.1 Å². The van der Waals surface area contributed by atoms with Crippen LogP contribution in [0.25, 0.3) is 0 Å². The minimum absolute atomic E-state index is 0.351. The van der Waals surface area contributed by atoms with Gasteiger partial charge in [-0.15, -0.1) is 0 Å². The van der Waals surface area contributed by atoms with Crippen LogP contribution in [0.5, 0.6) is 17.2 Å². The van der Waals surface area contributed by atoms with Crippen molar-refractivity contribution in [1.29, 1.82) is 0 Å². The van der Waals surface area contributed by atoms with Gasteiger partial charge in [-0.05, 0) is 61.4 Å². The highest BCUT2D eigenvalue weighted by molar-refractivity contribution is 6.11. The van der Waals surface area contributed by atoms with Gasteiger partial charge in [0.25, 0.3) is 0 Å². The lowest BCUT2D eigenvalue weighted by atomic mass is 9.61. The number of carbonyl (C=O) groups is 3. The maximum atomic E-state index is 14.1. The molecule has 4 atom stereocenters. The summed E-state index contributed by atoms with van der Waals surface area (Å²) < 4.78 is 16.8. The summed E-state index contributed by atoms with van der Waals surface area (Å²) in [6.45, 7) is 3.83. The zero-order valence-electron chi connectivity index (χ0n) is 26.3. The third-order valence-electron chi connectivity index (χ3n) is 8.35. The van der Waals surface area contributed by atoms with Gasteiger partial charge in [-0.3, -0.25) is 14.4 Å². The van der Waals surface area contributed by atoms with Crippen LogP contribution in [0.3, 0.4) is 0 Å². The molecule has 0 heterocycles. The predicted molar refractivity (Wildman–Crippen MR) is 175 cm³/mol. The number of anilines is 2. The van der Waals surface area contributed by atoms with E-state index in [9.17, 15) is 19.5 Å². The molecule has 5 rings (SSSR count). The number of Topliss-reactive ketones (excluding diaryl/α,β-unsaturated/α-hetero) is 1. The molecule has 9 nitrogen and oxygen atoms in total. The summed E-state index contributed by atoms with van der Waals surface area (Å²) in [4.78, 5) is 41.8. The molecule has 0 spiro atoms. The summed E-state index contributed by atoms with van der Waals surface area (Å²) in [6, 6.07) is 28.7. The number of para-hydroxylation sites is 4. The minimum atomic E-state index is -1.77. The van der Waals surface area contributed by atoms with Gasteiger partial charge in [-0.25, -0.2) is 0 Å². The Bertz CT molecular complexity index is 1700. The second kappa shape index (κ2) is 13.9. The number of nitrogens with one attached hydrogen (secondary N) is 2. The third-order valence-corrected chi connectivity index (χ3v) is 8.35. The van der Waals surface area contributed by atoms with Crippen molar-refractivity contribution in [2.45, 2.75) is 38.4 Å². The largest absolute Gasteiger partial charge is 0.495 e. The van der Waals surface area contributed by atoms with Crippen molar-refractivity contribution in [2.24, 2.45) is 11.8 Å². The number of benzene rings is 4. The van der Waals surface area contributed by atoms with E-state index in [1.807, 2.05) is 31.2 Å². The van der Waals surface area contributed by atoms with Crippen LogP contribution in [-0.4, -0.2) is 42.5 Å². The van der Waals surface area contributed by atoms with E-state index in [1.165, 1.54) is 21.1 Å². The number of aliphatic hydroxyl groups is 1. The van der Waals surface area contributed by atoms with Gasteiger partial charge in [0.2, 0.25) is 11.8 Å². The first kappa shape index (κ1) is 32.2. The number of carbonyl (C=O) groups excluding carboxylic acids is 3. The van der Waals surface area contributed by atoms with Crippen molar-refractivity contribution in [3.8, 4) is 17.2 Å². The zero-order chi connectivity index (χ0) is 32.8. The number of methoxy groups -OCH3 is 2. The van der Waals surface area contributed by atoms with Gasteiger partial charge in [0, 0.05) is 12.3 Å². The number of rotatable bonds is 10. The minimum Gasteiger partial charge on any atom is -0.495 e. The molecule has 2 amide bonds. The maximum Gasteiger partial charge on any atom is 0.235 e. The second-order valence-corrected chi connectivity index (χ2v) is 11.7. The first-order valence-electron chi connectivity index (χ1n) is 15.0. The molecule has 0 radical (unpaired) electrons. The van der Waals surface area contributed by atoms with Gasteiger partial charge in [-0.2, -0.15) is 0 Å². The van der Waals surface area contributed by atoms with Crippen molar-refractivity contribution in [2.75, 3.05) is 24.9 Å². The summed E-state index contributed by atoms with van der Waals surface area (Å²) in [5.74, 6) is -3.73. The Hall–Kier alpha value is -5.15. The Labute approximate surface area is 268 Å². The molecule has 0 aliphatic heterocycles. The highest BCUT2D eigenvalue weighted by atomic mass is 16.5. The maximum absolute atomic E-state index is 14.1. The molecular formula is C37H38N2O7. The van der Waals surface area contributed by atoms with E-state index in [0.717, 1.165) is 11.1 Å². The van der Waals surface area contributed by atoms with Crippen molar-refractivity contribution in [1.82, 2.24) is 0 Å². The quantitative estimate of drug-likeness (QED) is 0.188. The molecule has 0 saturated heterocycles. The van der Waals surface area contributed by atoms with Crippen molar-refractivity contribution >= 4 is 29.0 Å². The van der Waals surface area contributed by atoms with Gasteiger partial charge in [0.1, 0.15) is 35.6 Å². The summed E-state index contributed by atoms with van der Waals surface area (Å²) in [6.07, 6.45) is -0.394. The van der Waals surface area contributed by atoms with E-state index in [-0.39, 0.29) is 0 Å². The Kier molecular flexibility index (Phi) is 9.72. The number of ketones is 1. The average Bonchev–Trinajstić information content (AvgIpc) is 3.04. The molecule has 4 aromatic carbocycles. The Balaban J connectivity index is 1.51. The normalized spacial score (nSPS) is 20.8. The average molecular weight is 623 g/mol. The molecule has 0 aromatic heterocycles. The zero-order valence-corrected chi connectivity index (χ0v) is 26.3. The fraction of sp³-hybridized carbons (Fsp3) is 0.270. The fourth-order valence-electron chi connectivity index (χ4n) is 6.05. The molecule has 1 aliphatic rings. The van der Waals surface area contributed by atoms with Crippen LogP contribution in [0, 0.1) is 18.8 Å². The first-order chi connectivity index (χ1) is 22.1. The van der Waals surface area contributed by atoms with E-state index in [2.05, 4.69) is 10.6 Å². The first-order valence-corrected chi connectivity index (χ1v) is 15.0. The summed E-state index contributed by atoms with van der Waals surface area (Å²) >= 11 is 0. The number of hydrogen-bond donors (Lipinski definition) is 3. The van der Waals surface area contributed by atoms with Gasteiger partial charge in [0.05, 0.1) is 37.1 Å². The van der Waals surface area contributed by atoms with Gasteiger partial charge in [-0.1, -0.05) is 66.2 Å². The molecular weight excluding hydrogens is 584 g/mol. The summed E-state index contributed by atoms with van der Waals surface area (Å²) in [5.41, 5.74) is 1.70.